The molecule has 5 N–H and O–H groups in total. The van der Waals surface area contributed by atoms with Crippen LogP contribution in [0.15, 0.2) is 23.1 Å². The van der Waals surface area contributed by atoms with E-state index >= 15 is 0 Å². The molecular weight excluding hydrogens is 276 g/mol. The molecule has 0 unspecified atom stereocenters. The molecule has 0 aromatic heterocycles. The first kappa shape index (κ1) is 16.7. The molecule has 20 heavy (non-hydrogen) atoms. The van der Waals surface area contributed by atoms with Crippen molar-refractivity contribution < 1.29 is 8.42 Å². The molecule has 0 saturated heterocycles. The fourth-order valence-corrected chi connectivity index (χ4v) is 2.52. The highest BCUT2D eigenvalue weighted by Crippen LogP contribution is 2.21. The Balaban J connectivity index is 2.61. The van der Waals surface area contributed by atoms with Crippen molar-refractivity contribution in [3.63, 3.8) is 0 Å². The summed E-state index contributed by atoms with van der Waals surface area (Å²) in [5.41, 5.74) is 6.94. The Morgan fingerprint density at radius 2 is 1.95 bits per heavy atom. The summed E-state index contributed by atoms with van der Waals surface area (Å²) in [5, 5.41) is 8.27. The highest BCUT2D eigenvalue weighted by molar-refractivity contribution is 7.89. The van der Waals surface area contributed by atoms with Crippen molar-refractivity contribution in [2.45, 2.75) is 25.2 Å². The van der Waals surface area contributed by atoms with E-state index in [1.807, 2.05) is 0 Å². The van der Waals surface area contributed by atoms with Crippen LogP contribution >= 0.6 is 0 Å². The second kappa shape index (κ2) is 7.47. The zero-order valence-electron chi connectivity index (χ0n) is 12.1. The summed E-state index contributed by atoms with van der Waals surface area (Å²) in [7, 11) is -3.70. The van der Waals surface area contributed by atoms with Gasteiger partial charge in [0.1, 0.15) is 0 Å². The molecule has 0 amide bonds. The maximum absolute atomic E-state index is 11.2. The van der Waals surface area contributed by atoms with Gasteiger partial charge < -0.3 is 16.0 Å². The van der Waals surface area contributed by atoms with Crippen LogP contribution in [-0.2, 0) is 10.0 Å². The topological polar surface area (TPSA) is 101 Å². The van der Waals surface area contributed by atoms with Crippen LogP contribution in [0.5, 0.6) is 0 Å². The van der Waals surface area contributed by atoms with Gasteiger partial charge in [0.15, 0.2) is 0 Å². The third-order valence-electron chi connectivity index (χ3n) is 3.08. The Kier molecular flexibility index (Phi) is 6.25. The number of primary sulfonamides is 1. The van der Waals surface area contributed by atoms with Crippen LogP contribution in [0.4, 0.5) is 11.4 Å². The predicted molar refractivity (Wildman–Crippen MR) is 83.1 cm³/mol. The SMILES string of the molecule is CCCN(CC)CCNc1ccc(S(N)(=O)=O)cc1N. The quantitative estimate of drug-likeness (QED) is 0.623. The molecule has 0 aliphatic carbocycles. The lowest BCUT2D eigenvalue weighted by Crippen LogP contribution is -2.29. The first-order valence-corrected chi connectivity index (χ1v) is 8.31. The fraction of sp³-hybridized carbons (Fsp3) is 0.538. The summed E-state index contributed by atoms with van der Waals surface area (Å²) < 4.78 is 22.4. The monoisotopic (exact) mass is 300 g/mol. The minimum atomic E-state index is -3.70. The minimum absolute atomic E-state index is 0.0294. The lowest BCUT2D eigenvalue weighted by atomic mass is 10.2. The summed E-state index contributed by atoms with van der Waals surface area (Å²) >= 11 is 0. The van der Waals surface area contributed by atoms with Gasteiger partial charge in [-0.2, -0.15) is 0 Å². The molecule has 1 rings (SSSR count). The molecule has 0 aliphatic rings. The van der Waals surface area contributed by atoms with Gasteiger partial charge in [-0.15, -0.1) is 0 Å². The molecule has 114 valence electrons. The largest absolute Gasteiger partial charge is 0.397 e. The number of rotatable bonds is 8. The van der Waals surface area contributed by atoms with E-state index in [0.717, 1.165) is 38.3 Å². The van der Waals surface area contributed by atoms with Gasteiger partial charge in [-0.25, -0.2) is 13.6 Å². The van der Waals surface area contributed by atoms with E-state index in [0.29, 0.717) is 5.69 Å². The Bertz CT molecular complexity index is 531. The highest BCUT2D eigenvalue weighted by Gasteiger charge is 2.10. The summed E-state index contributed by atoms with van der Waals surface area (Å²) in [4.78, 5) is 2.36. The van der Waals surface area contributed by atoms with E-state index in [9.17, 15) is 8.42 Å². The molecule has 0 bridgehead atoms. The number of nitrogens with two attached hydrogens (primary N) is 2. The number of sulfonamides is 1. The zero-order valence-corrected chi connectivity index (χ0v) is 12.9. The average molecular weight is 300 g/mol. The molecule has 0 aliphatic heterocycles. The summed E-state index contributed by atoms with van der Waals surface area (Å²) in [6.07, 6.45) is 1.12. The highest BCUT2D eigenvalue weighted by atomic mass is 32.2. The molecule has 1 aromatic rings. The molecule has 0 heterocycles. The molecule has 0 spiro atoms. The van der Waals surface area contributed by atoms with Gasteiger partial charge in [0, 0.05) is 13.1 Å². The number of hydrogen-bond acceptors (Lipinski definition) is 5. The number of anilines is 2. The van der Waals surface area contributed by atoms with Gasteiger partial charge in [0.2, 0.25) is 10.0 Å². The van der Waals surface area contributed by atoms with Crippen molar-refractivity contribution in [3.05, 3.63) is 18.2 Å². The van der Waals surface area contributed by atoms with E-state index in [2.05, 4.69) is 24.1 Å². The van der Waals surface area contributed by atoms with Crippen molar-refractivity contribution in [2.75, 3.05) is 37.2 Å². The summed E-state index contributed by atoms with van der Waals surface area (Å²) in [6, 6.07) is 4.48. The van der Waals surface area contributed by atoms with Crippen LogP contribution in [0.25, 0.3) is 0 Å². The Morgan fingerprint density at radius 1 is 1.25 bits per heavy atom. The second-order valence-corrected chi connectivity index (χ2v) is 6.22. The third-order valence-corrected chi connectivity index (χ3v) is 3.99. The van der Waals surface area contributed by atoms with Crippen LogP contribution in [0.1, 0.15) is 20.3 Å². The predicted octanol–water partition coefficient (Wildman–Crippen LogP) is 1.06. The fourth-order valence-electron chi connectivity index (χ4n) is 1.97. The van der Waals surface area contributed by atoms with Gasteiger partial charge in [0.25, 0.3) is 0 Å². The number of nitrogen functional groups attached to an aromatic ring is 1. The van der Waals surface area contributed by atoms with Crippen molar-refractivity contribution in [1.29, 1.82) is 0 Å². The second-order valence-electron chi connectivity index (χ2n) is 4.66. The molecule has 6 nitrogen and oxygen atoms in total. The van der Waals surface area contributed by atoms with E-state index in [4.69, 9.17) is 10.9 Å². The van der Waals surface area contributed by atoms with Gasteiger partial charge in [0.05, 0.1) is 16.3 Å². The minimum Gasteiger partial charge on any atom is -0.397 e. The van der Waals surface area contributed by atoms with Gasteiger partial charge in [-0.3, -0.25) is 0 Å². The average Bonchev–Trinajstić information content (AvgIpc) is 2.38. The standard InChI is InChI=1S/C13H24N4O2S/c1-3-8-17(4-2)9-7-16-13-6-5-11(10-12(13)14)20(15,18)19/h5-6,10,16H,3-4,7-9,14H2,1-2H3,(H2,15,18,19). The smallest absolute Gasteiger partial charge is 0.238 e. The lowest BCUT2D eigenvalue weighted by Gasteiger charge is -2.20. The molecule has 0 saturated carbocycles. The van der Waals surface area contributed by atoms with Crippen molar-refractivity contribution in [2.24, 2.45) is 5.14 Å². The Morgan fingerprint density at radius 3 is 2.45 bits per heavy atom. The number of likely N-dealkylation sites (N-methyl/N-ethyl adjacent to an activating group) is 1. The normalized spacial score (nSPS) is 11.8. The van der Waals surface area contributed by atoms with E-state index in [1.54, 1.807) is 6.07 Å². The number of hydrogen-bond donors (Lipinski definition) is 3. The first-order chi connectivity index (χ1) is 9.38. The van der Waals surface area contributed by atoms with Crippen LogP contribution in [-0.4, -0.2) is 39.5 Å². The lowest BCUT2D eigenvalue weighted by molar-refractivity contribution is 0.300. The molecule has 7 heteroatoms. The van der Waals surface area contributed by atoms with Gasteiger partial charge >= 0.3 is 0 Å². The van der Waals surface area contributed by atoms with Crippen molar-refractivity contribution in [1.82, 2.24) is 4.90 Å². The Labute approximate surface area is 121 Å². The maximum Gasteiger partial charge on any atom is 0.238 e. The maximum atomic E-state index is 11.2. The van der Waals surface area contributed by atoms with Gasteiger partial charge in [-0.05, 0) is 37.7 Å². The first-order valence-electron chi connectivity index (χ1n) is 6.77. The molecule has 0 fully saturated rings. The van der Waals surface area contributed by atoms with Gasteiger partial charge in [-0.1, -0.05) is 13.8 Å². The molecule has 1 aromatic carbocycles. The van der Waals surface area contributed by atoms with E-state index in [-0.39, 0.29) is 4.90 Å². The zero-order chi connectivity index (χ0) is 15.2. The van der Waals surface area contributed by atoms with Crippen LogP contribution in [0.2, 0.25) is 0 Å². The van der Waals surface area contributed by atoms with Crippen LogP contribution in [0, 0.1) is 0 Å². The van der Waals surface area contributed by atoms with E-state index < -0.39 is 10.0 Å². The summed E-state index contributed by atoms with van der Waals surface area (Å²) in [5.74, 6) is 0. The molecule has 0 atom stereocenters. The van der Waals surface area contributed by atoms with Crippen molar-refractivity contribution in [3.8, 4) is 0 Å². The summed E-state index contributed by atoms with van der Waals surface area (Å²) in [6.45, 7) is 8.03. The van der Waals surface area contributed by atoms with Crippen LogP contribution < -0.4 is 16.2 Å². The third kappa shape index (κ3) is 4.99. The number of nitrogens with one attached hydrogen (secondary N) is 1. The Hall–Kier alpha value is -1.31. The molecule has 0 radical (unpaired) electrons. The van der Waals surface area contributed by atoms with E-state index in [1.165, 1.54) is 12.1 Å². The van der Waals surface area contributed by atoms with Crippen molar-refractivity contribution >= 4 is 21.4 Å². The molecular formula is C13H24N4O2S. The number of nitrogens with zero attached hydrogens (tertiary/aromatic N) is 1. The van der Waals surface area contributed by atoms with Crippen LogP contribution in [0.3, 0.4) is 0 Å². The number of benzene rings is 1.